The Kier molecular flexibility index (Phi) is 4.83. The van der Waals surface area contributed by atoms with E-state index < -0.39 is 21.1 Å². The Bertz CT molecular complexity index is 642. The second kappa shape index (κ2) is 6.27. The van der Waals surface area contributed by atoms with Gasteiger partial charge in [0.1, 0.15) is 11.1 Å². The van der Waals surface area contributed by atoms with Gasteiger partial charge in [0.2, 0.25) is 0 Å². The molecule has 1 saturated heterocycles. The second-order valence-corrected chi connectivity index (χ2v) is 8.60. The minimum atomic E-state index is -3.34. The fourth-order valence-electron chi connectivity index (χ4n) is 2.28. The molecule has 1 aliphatic rings. The Morgan fingerprint density at radius 3 is 2.81 bits per heavy atom. The molecular formula is C14H19NO4S2. The van der Waals surface area contributed by atoms with Gasteiger partial charge in [-0.1, -0.05) is 13.0 Å². The molecule has 7 heteroatoms. The molecule has 1 N–H and O–H groups in total. The summed E-state index contributed by atoms with van der Waals surface area (Å²) in [7, 11) is -3.34. The summed E-state index contributed by atoms with van der Waals surface area (Å²) in [6.07, 6.45) is 0. The molecular weight excluding hydrogens is 310 g/mol. The Morgan fingerprint density at radius 2 is 2.19 bits per heavy atom. The van der Waals surface area contributed by atoms with Crippen LogP contribution in [0.3, 0.4) is 0 Å². The first kappa shape index (κ1) is 16.2. The summed E-state index contributed by atoms with van der Waals surface area (Å²) in [5.74, 6) is 0.561. The molecule has 0 spiro atoms. The van der Waals surface area contributed by atoms with Crippen LogP contribution in [0.5, 0.6) is 5.75 Å². The van der Waals surface area contributed by atoms with Crippen LogP contribution in [0, 0.1) is 6.92 Å². The minimum Gasteiger partial charge on any atom is -0.507 e. The number of phenolic OH excluding ortho intramolecular Hbond substituents is 1. The molecule has 1 fully saturated rings. The van der Waals surface area contributed by atoms with E-state index in [0.717, 1.165) is 5.56 Å². The average molecular weight is 329 g/mol. The number of sulfone groups is 1. The van der Waals surface area contributed by atoms with E-state index in [1.807, 2.05) is 6.92 Å². The number of rotatable bonds is 3. The summed E-state index contributed by atoms with van der Waals surface area (Å²) in [5.41, 5.74) is 1.000. The van der Waals surface area contributed by atoms with Crippen molar-refractivity contribution in [3.8, 4) is 5.75 Å². The molecule has 1 unspecified atom stereocenters. The van der Waals surface area contributed by atoms with Crippen LogP contribution >= 0.6 is 11.8 Å². The fraction of sp³-hybridized carbons (Fsp3) is 0.500. The van der Waals surface area contributed by atoms with Crippen molar-refractivity contribution in [1.29, 1.82) is 0 Å². The third-order valence-corrected chi connectivity index (χ3v) is 6.83. The number of carbonyl (C=O) groups is 1. The quantitative estimate of drug-likeness (QED) is 0.913. The van der Waals surface area contributed by atoms with Crippen LogP contribution in [0.25, 0.3) is 0 Å². The molecule has 0 bridgehead atoms. The standard InChI is InChI=1S/C14H19NO4S2/c1-3-21(18,19)13-9-20-7-6-15(13)14(17)11-5-4-10(2)8-12(11)16/h4-5,8,13,16H,3,6-7,9H2,1-2H3. The van der Waals surface area contributed by atoms with Gasteiger partial charge in [-0.05, 0) is 24.6 Å². The molecule has 5 nitrogen and oxygen atoms in total. The highest BCUT2D eigenvalue weighted by Crippen LogP contribution is 2.26. The highest BCUT2D eigenvalue weighted by atomic mass is 32.2. The van der Waals surface area contributed by atoms with Gasteiger partial charge in [0.25, 0.3) is 5.91 Å². The molecule has 1 amide bonds. The number of hydrogen-bond donors (Lipinski definition) is 1. The lowest BCUT2D eigenvalue weighted by molar-refractivity contribution is 0.0746. The molecule has 1 aromatic carbocycles. The summed E-state index contributed by atoms with van der Waals surface area (Å²) in [4.78, 5) is 14.0. The molecule has 1 atom stereocenters. The van der Waals surface area contributed by atoms with Crippen LogP contribution in [-0.2, 0) is 9.84 Å². The van der Waals surface area contributed by atoms with Crippen molar-refractivity contribution < 1.29 is 18.3 Å². The third-order valence-electron chi connectivity index (χ3n) is 3.55. The Balaban J connectivity index is 2.35. The zero-order chi connectivity index (χ0) is 15.6. The molecule has 0 aliphatic carbocycles. The van der Waals surface area contributed by atoms with Crippen LogP contribution in [0.15, 0.2) is 18.2 Å². The van der Waals surface area contributed by atoms with Gasteiger partial charge in [-0.15, -0.1) is 0 Å². The first-order chi connectivity index (χ1) is 9.86. The monoisotopic (exact) mass is 329 g/mol. The van der Waals surface area contributed by atoms with Crippen LogP contribution in [0.2, 0.25) is 0 Å². The highest BCUT2D eigenvalue weighted by molar-refractivity contribution is 8.01. The number of aryl methyl sites for hydroxylation is 1. The fourth-order valence-corrected chi connectivity index (χ4v) is 5.25. The van der Waals surface area contributed by atoms with Crippen molar-refractivity contribution in [3.05, 3.63) is 29.3 Å². The van der Waals surface area contributed by atoms with Crippen molar-refractivity contribution in [3.63, 3.8) is 0 Å². The lowest BCUT2D eigenvalue weighted by Crippen LogP contribution is -2.50. The molecule has 0 saturated carbocycles. The minimum absolute atomic E-state index is 0.00187. The van der Waals surface area contributed by atoms with Gasteiger partial charge in [-0.25, -0.2) is 8.42 Å². The SMILES string of the molecule is CCS(=O)(=O)C1CSCCN1C(=O)c1ccc(C)cc1O. The van der Waals surface area contributed by atoms with Crippen LogP contribution < -0.4 is 0 Å². The predicted octanol–water partition coefficient (Wildman–Crippen LogP) is 1.65. The summed E-state index contributed by atoms with van der Waals surface area (Å²) in [6, 6.07) is 4.79. The molecule has 0 aromatic heterocycles. The smallest absolute Gasteiger partial charge is 0.258 e. The summed E-state index contributed by atoms with van der Waals surface area (Å²) in [5, 5.41) is 9.13. The highest BCUT2D eigenvalue weighted by Gasteiger charge is 2.36. The largest absolute Gasteiger partial charge is 0.507 e. The number of carbonyl (C=O) groups excluding carboxylic acids is 1. The summed E-state index contributed by atoms with van der Waals surface area (Å²) < 4.78 is 24.3. The Morgan fingerprint density at radius 1 is 1.48 bits per heavy atom. The molecule has 21 heavy (non-hydrogen) atoms. The van der Waals surface area contributed by atoms with E-state index >= 15 is 0 Å². The number of benzene rings is 1. The van der Waals surface area contributed by atoms with Gasteiger partial charge < -0.3 is 10.0 Å². The van der Waals surface area contributed by atoms with Crippen LogP contribution in [0.4, 0.5) is 0 Å². The first-order valence-electron chi connectivity index (χ1n) is 6.76. The van der Waals surface area contributed by atoms with Crippen molar-refractivity contribution in [1.82, 2.24) is 4.90 Å². The maximum absolute atomic E-state index is 12.6. The predicted molar refractivity (Wildman–Crippen MR) is 84.5 cm³/mol. The Hall–Kier alpha value is -1.21. The summed E-state index contributed by atoms with van der Waals surface area (Å²) >= 11 is 1.53. The Labute approximate surface area is 129 Å². The molecule has 116 valence electrons. The van der Waals surface area contributed by atoms with E-state index in [4.69, 9.17) is 0 Å². The molecule has 2 rings (SSSR count). The molecule has 1 aliphatic heterocycles. The lowest BCUT2D eigenvalue weighted by atomic mass is 10.1. The lowest BCUT2D eigenvalue weighted by Gasteiger charge is -2.34. The second-order valence-electron chi connectivity index (χ2n) is 5.00. The maximum atomic E-state index is 12.6. The van der Waals surface area contributed by atoms with E-state index in [1.165, 1.54) is 22.7 Å². The van der Waals surface area contributed by atoms with E-state index in [2.05, 4.69) is 0 Å². The number of aromatic hydroxyl groups is 1. The van der Waals surface area contributed by atoms with E-state index in [9.17, 15) is 18.3 Å². The van der Waals surface area contributed by atoms with Crippen LogP contribution in [-0.4, -0.2) is 53.5 Å². The normalized spacial score (nSPS) is 19.5. The number of thioether (sulfide) groups is 1. The zero-order valence-corrected chi connectivity index (χ0v) is 13.7. The first-order valence-corrected chi connectivity index (χ1v) is 9.63. The van der Waals surface area contributed by atoms with Gasteiger partial charge in [0.05, 0.1) is 5.56 Å². The van der Waals surface area contributed by atoms with Gasteiger partial charge in [0.15, 0.2) is 9.84 Å². The van der Waals surface area contributed by atoms with Crippen molar-refractivity contribution in [2.45, 2.75) is 19.2 Å². The van der Waals surface area contributed by atoms with E-state index in [1.54, 1.807) is 19.1 Å². The third kappa shape index (κ3) is 3.35. The molecule has 1 aromatic rings. The van der Waals surface area contributed by atoms with E-state index in [-0.39, 0.29) is 17.1 Å². The van der Waals surface area contributed by atoms with Gasteiger partial charge in [-0.2, -0.15) is 11.8 Å². The maximum Gasteiger partial charge on any atom is 0.258 e. The van der Waals surface area contributed by atoms with Crippen molar-refractivity contribution in [2.24, 2.45) is 0 Å². The zero-order valence-electron chi connectivity index (χ0n) is 12.1. The van der Waals surface area contributed by atoms with Gasteiger partial charge in [0, 0.05) is 23.8 Å². The van der Waals surface area contributed by atoms with Gasteiger partial charge >= 0.3 is 0 Å². The average Bonchev–Trinajstić information content (AvgIpc) is 2.46. The summed E-state index contributed by atoms with van der Waals surface area (Å²) in [6.45, 7) is 3.77. The molecule has 1 heterocycles. The topological polar surface area (TPSA) is 74.7 Å². The number of phenols is 1. The number of amides is 1. The van der Waals surface area contributed by atoms with Crippen LogP contribution in [0.1, 0.15) is 22.8 Å². The number of nitrogens with zero attached hydrogens (tertiary/aromatic N) is 1. The van der Waals surface area contributed by atoms with Crippen molar-refractivity contribution in [2.75, 3.05) is 23.8 Å². The number of hydrogen-bond acceptors (Lipinski definition) is 5. The van der Waals surface area contributed by atoms with E-state index in [0.29, 0.717) is 18.1 Å². The van der Waals surface area contributed by atoms with Crippen molar-refractivity contribution >= 4 is 27.5 Å². The van der Waals surface area contributed by atoms with Gasteiger partial charge in [-0.3, -0.25) is 4.79 Å². The molecule has 0 radical (unpaired) electrons.